The number of amides is 2. The summed E-state index contributed by atoms with van der Waals surface area (Å²) in [5.74, 6) is -0.470. The van der Waals surface area contributed by atoms with Crippen LogP contribution in [0.5, 0.6) is 5.75 Å². The third kappa shape index (κ3) is 5.10. The van der Waals surface area contributed by atoms with Crippen molar-refractivity contribution in [3.8, 4) is 5.75 Å². The molecule has 7 nitrogen and oxygen atoms in total. The molecule has 0 aliphatic rings. The fourth-order valence-corrected chi connectivity index (χ4v) is 3.68. The van der Waals surface area contributed by atoms with Crippen LogP contribution in [0.15, 0.2) is 24.3 Å². The molecule has 1 aromatic carbocycles. The van der Waals surface area contributed by atoms with Crippen LogP contribution in [0.25, 0.3) is 0 Å². The molecule has 0 saturated heterocycles. The number of carbonyl (C=O) groups is 3. The molecule has 0 unspecified atom stereocenters. The standard InChI is InChI=1S/C20H24N2O5S/c1-5-7-15(23)22-19-16(20(25)26-4)12(3)17(28-19)18(24)21-13-8-10-14(11-9-13)27-6-2/h8-11H,5-7H2,1-4H3,(H,21,24)(H,22,23). The summed E-state index contributed by atoms with van der Waals surface area (Å²) in [7, 11) is 1.26. The van der Waals surface area contributed by atoms with E-state index < -0.39 is 5.97 Å². The average molecular weight is 404 g/mol. The highest BCUT2D eigenvalue weighted by Crippen LogP contribution is 2.34. The van der Waals surface area contributed by atoms with Gasteiger partial charge in [-0.05, 0) is 50.1 Å². The van der Waals surface area contributed by atoms with Gasteiger partial charge in [0.15, 0.2) is 0 Å². The van der Waals surface area contributed by atoms with Crippen molar-refractivity contribution in [1.29, 1.82) is 0 Å². The third-order valence-electron chi connectivity index (χ3n) is 3.90. The molecule has 0 radical (unpaired) electrons. The van der Waals surface area contributed by atoms with E-state index in [2.05, 4.69) is 10.6 Å². The summed E-state index contributed by atoms with van der Waals surface area (Å²) in [6.07, 6.45) is 1.00. The lowest BCUT2D eigenvalue weighted by atomic mass is 10.1. The molecule has 0 saturated carbocycles. The van der Waals surface area contributed by atoms with E-state index >= 15 is 0 Å². The van der Waals surface area contributed by atoms with Crippen LogP contribution >= 0.6 is 11.3 Å². The average Bonchev–Trinajstić information content (AvgIpc) is 2.99. The Morgan fingerprint density at radius 3 is 2.32 bits per heavy atom. The molecule has 0 fully saturated rings. The monoisotopic (exact) mass is 404 g/mol. The Hall–Kier alpha value is -2.87. The summed E-state index contributed by atoms with van der Waals surface area (Å²) in [6, 6.07) is 6.99. The highest BCUT2D eigenvalue weighted by Gasteiger charge is 2.26. The van der Waals surface area contributed by atoms with E-state index in [9.17, 15) is 14.4 Å². The SMILES string of the molecule is CCCC(=O)Nc1sc(C(=O)Nc2ccc(OCC)cc2)c(C)c1C(=O)OC. The maximum Gasteiger partial charge on any atom is 0.341 e. The maximum atomic E-state index is 12.7. The van der Waals surface area contributed by atoms with Gasteiger partial charge < -0.3 is 20.1 Å². The van der Waals surface area contributed by atoms with E-state index in [1.807, 2.05) is 13.8 Å². The number of rotatable bonds is 8. The first kappa shape index (κ1) is 21.4. The molecule has 0 bridgehead atoms. The zero-order chi connectivity index (χ0) is 20.7. The molecule has 2 amide bonds. The molecule has 28 heavy (non-hydrogen) atoms. The van der Waals surface area contributed by atoms with Crippen LogP contribution in [0, 0.1) is 6.92 Å². The van der Waals surface area contributed by atoms with Gasteiger partial charge in [0.2, 0.25) is 5.91 Å². The van der Waals surface area contributed by atoms with Gasteiger partial charge in [0, 0.05) is 12.1 Å². The Morgan fingerprint density at radius 2 is 1.75 bits per heavy atom. The number of methoxy groups -OCH3 is 1. The number of benzene rings is 1. The predicted octanol–water partition coefficient (Wildman–Crippen LogP) is 4.23. The molecule has 0 aliphatic carbocycles. The van der Waals surface area contributed by atoms with Crippen LogP contribution in [0.1, 0.15) is 52.3 Å². The minimum absolute atomic E-state index is 0.203. The number of ether oxygens (including phenoxy) is 2. The molecule has 1 aromatic heterocycles. The number of thiophene rings is 1. The van der Waals surface area contributed by atoms with Crippen LogP contribution in [-0.4, -0.2) is 31.5 Å². The van der Waals surface area contributed by atoms with E-state index in [1.54, 1.807) is 31.2 Å². The molecule has 0 atom stereocenters. The number of hydrogen-bond donors (Lipinski definition) is 2. The normalized spacial score (nSPS) is 10.3. The minimum atomic E-state index is -0.597. The van der Waals surface area contributed by atoms with Crippen molar-refractivity contribution in [2.45, 2.75) is 33.6 Å². The largest absolute Gasteiger partial charge is 0.494 e. The van der Waals surface area contributed by atoms with Crippen molar-refractivity contribution in [2.75, 3.05) is 24.4 Å². The Bertz CT molecular complexity index is 858. The first-order valence-electron chi connectivity index (χ1n) is 8.96. The van der Waals surface area contributed by atoms with Crippen molar-refractivity contribution in [2.24, 2.45) is 0 Å². The van der Waals surface area contributed by atoms with E-state index in [-0.39, 0.29) is 17.4 Å². The number of anilines is 2. The van der Waals surface area contributed by atoms with Crippen LogP contribution in [0.2, 0.25) is 0 Å². The molecular formula is C20H24N2O5S. The van der Waals surface area contributed by atoms with Crippen molar-refractivity contribution >= 4 is 39.8 Å². The van der Waals surface area contributed by atoms with Gasteiger partial charge in [-0.15, -0.1) is 11.3 Å². The van der Waals surface area contributed by atoms with Crippen LogP contribution in [-0.2, 0) is 9.53 Å². The number of hydrogen-bond acceptors (Lipinski definition) is 6. The van der Waals surface area contributed by atoms with Crippen LogP contribution < -0.4 is 15.4 Å². The van der Waals surface area contributed by atoms with E-state index in [0.717, 1.165) is 11.3 Å². The Labute approximate surface area is 168 Å². The second kappa shape index (κ2) is 9.89. The molecule has 8 heteroatoms. The van der Waals surface area contributed by atoms with E-state index in [4.69, 9.17) is 9.47 Å². The molecule has 150 valence electrons. The summed E-state index contributed by atoms with van der Waals surface area (Å²) in [6.45, 7) is 6.00. The topological polar surface area (TPSA) is 93.7 Å². The van der Waals surface area contributed by atoms with Crippen molar-refractivity contribution in [3.05, 3.63) is 40.3 Å². The second-order valence-corrected chi connectivity index (χ2v) is 6.98. The second-order valence-electron chi connectivity index (χ2n) is 5.96. The molecular weight excluding hydrogens is 380 g/mol. The van der Waals surface area contributed by atoms with E-state index in [0.29, 0.717) is 46.3 Å². The van der Waals surface area contributed by atoms with Gasteiger partial charge in [0.25, 0.3) is 5.91 Å². The van der Waals surface area contributed by atoms with Gasteiger partial charge in [0.1, 0.15) is 10.8 Å². The smallest absolute Gasteiger partial charge is 0.341 e. The minimum Gasteiger partial charge on any atom is -0.494 e. The highest BCUT2D eigenvalue weighted by molar-refractivity contribution is 7.18. The summed E-state index contributed by atoms with van der Waals surface area (Å²) in [5, 5.41) is 5.82. The molecule has 2 aromatic rings. The molecule has 2 rings (SSSR count). The maximum absolute atomic E-state index is 12.7. The molecule has 0 aliphatic heterocycles. The molecule has 1 heterocycles. The van der Waals surface area contributed by atoms with Gasteiger partial charge in [-0.3, -0.25) is 9.59 Å². The van der Waals surface area contributed by atoms with Gasteiger partial charge in [0.05, 0.1) is 24.2 Å². The van der Waals surface area contributed by atoms with Gasteiger partial charge >= 0.3 is 5.97 Å². The zero-order valence-electron chi connectivity index (χ0n) is 16.4. The highest BCUT2D eigenvalue weighted by atomic mass is 32.1. The van der Waals surface area contributed by atoms with Crippen LogP contribution in [0.3, 0.4) is 0 Å². The Kier molecular flexibility index (Phi) is 7.57. The summed E-state index contributed by atoms with van der Waals surface area (Å²) < 4.78 is 10.2. The quantitative estimate of drug-likeness (QED) is 0.642. The van der Waals surface area contributed by atoms with Gasteiger partial charge in [-0.2, -0.15) is 0 Å². The first-order valence-corrected chi connectivity index (χ1v) is 9.78. The zero-order valence-corrected chi connectivity index (χ0v) is 17.2. The first-order chi connectivity index (χ1) is 13.4. The van der Waals surface area contributed by atoms with E-state index in [1.165, 1.54) is 7.11 Å². The Morgan fingerprint density at radius 1 is 1.07 bits per heavy atom. The van der Waals surface area contributed by atoms with Gasteiger partial charge in [-0.1, -0.05) is 6.92 Å². The number of carbonyl (C=O) groups excluding carboxylic acids is 3. The summed E-state index contributed by atoms with van der Waals surface area (Å²) in [4.78, 5) is 37.2. The third-order valence-corrected chi connectivity index (χ3v) is 5.10. The number of esters is 1. The van der Waals surface area contributed by atoms with Gasteiger partial charge in [-0.25, -0.2) is 4.79 Å². The Balaban J connectivity index is 2.28. The van der Waals surface area contributed by atoms with Crippen LogP contribution in [0.4, 0.5) is 10.7 Å². The molecule has 0 spiro atoms. The van der Waals surface area contributed by atoms with Crippen molar-refractivity contribution in [1.82, 2.24) is 0 Å². The fourth-order valence-electron chi connectivity index (χ4n) is 2.57. The summed E-state index contributed by atoms with van der Waals surface area (Å²) in [5.41, 5.74) is 1.26. The van der Waals surface area contributed by atoms with Crippen molar-refractivity contribution < 1.29 is 23.9 Å². The fraction of sp³-hybridized carbons (Fsp3) is 0.350. The summed E-state index contributed by atoms with van der Waals surface area (Å²) >= 11 is 1.05. The molecule has 2 N–H and O–H groups in total. The lowest BCUT2D eigenvalue weighted by Crippen LogP contribution is -2.14. The predicted molar refractivity (Wildman–Crippen MR) is 109 cm³/mol. The number of nitrogens with one attached hydrogen (secondary N) is 2. The van der Waals surface area contributed by atoms with Crippen molar-refractivity contribution in [3.63, 3.8) is 0 Å². The lowest BCUT2D eigenvalue weighted by Gasteiger charge is -2.07. The lowest BCUT2D eigenvalue weighted by molar-refractivity contribution is -0.116.